The van der Waals surface area contributed by atoms with Gasteiger partial charge in [0.05, 0.1) is 6.04 Å². The first-order valence-electron chi connectivity index (χ1n) is 5.66. The van der Waals surface area contributed by atoms with Gasteiger partial charge in [-0.3, -0.25) is 0 Å². The lowest BCUT2D eigenvalue weighted by Crippen LogP contribution is -2.12. The van der Waals surface area contributed by atoms with Crippen LogP contribution >= 0.6 is 12.4 Å². The Morgan fingerprint density at radius 2 is 2.28 bits per heavy atom. The van der Waals surface area contributed by atoms with Crippen molar-refractivity contribution >= 4 is 12.4 Å². The van der Waals surface area contributed by atoms with Gasteiger partial charge >= 0.3 is 0 Å². The molecule has 0 saturated carbocycles. The molecule has 1 saturated heterocycles. The number of benzene rings is 1. The molecule has 3 rings (SSSR count). The van der Waals surface area contributed by atoms with Crippen molar-refractivity contribution in [1.82, 2.24) is 15.5 Å². The van der Waals surface area contributed by atoms with E-state index in [0.717, 1.165) is 19.4 Å². The number of nitrogens with one attached hydrogen (secondary N) is 1. The van der Waals surface area contributed by atoms with Crippen LogP contribution in [0, 0.1) is 5.82 Å². The maximum atomic E-state index is 13.1. The van der Waals surface area contributed by atoms with Crippen LogP contribution in [0.4, 0.5) is 4.39 Å². The average Bonchev–Trinajstić information content (AvgIpc) is 3.00. The summed E-state index contributed by atoms with van der Waals surface area (Å²) in [5.74, 6) is 0.725. The molecule has 0 aliphatic carbocycles. The second kappa shape index (κ2) is 5.46. The van der Waals surface area contributed by atoms with Gasteiger partial charge in [0, 0.05) is 5.56 Å². The highest BCUT2D eigenvalue weighted by Gasteiger charge is 2.22. The van der Waals surface area contributed by atoms with Gasteiger partial charge in [-0.2, -0.15) is 4.98 Å². The number of aromatic nitrogens is 2. The van der Waals surface area contributed by atoms with Crippen molar-refractivity contribution in [2.24, 2.45) is 0 Å². The summed E-state index contributed by atoms with van der Waals surface area (Å²) in [6.07, 6.45) is 2.12. The smallest absolute Gasteiger partial charge is 0.244 e. The molecule has 18 heavy (non-hydrogen) atoms. The van der Waals surface area contributed by atoms with Crippen LogP contribution < -0.4 is 5.32 Å². The van der Waals surface area contributed by atoms with E-state index >= 15 is 0 Å². The van der Waals surface area contributed by atoms with Crippen molar-refractivity contribution < 1.29 is 8.91 Å². The molecule has 1 atom stereocenters. The molecule has 6 heteroatoms. The summed E-state index contributed by atoms with van der Waals surface area (Å²) in [7, 11) is 0. The van der Waals surface area contributed by atoms with Crippen LogP contribution in [0.1, 0.15) is 24.8 Å². The van der Waals surface area contributed by atoms with Crippen LogP contribution in [0.15, 0.2) is 28.8 Å². The Bertz CT molecular complexity index is 526. The maximum absolute atomic E-state index is 13.1. The number of hydrogen-bond acceptors (Lipinski definition) is 4. The minimum atomic E-state index is -0.298. The van der Waals surface area contributed by atoms with Crippen molar-refractivity contribution in [3.05, 3.63) is 36.0 Å². The molecule has 1 aromatic carbocycles. The summed E-state index contributed by atoms with van der Waals surface area (Å²) in [6.45, 7) is 0.975. The number of nitrogens with zero attached hydrogens (tertiary/aromatic N) is 2. The van der Waals surface area contributed by atoms with E-state index < -0.39 is 0 Å². The summed E-state index contributed by atoms with van der Waals surface area (Å²) in [6, 6.07) is 6.33. The fourth-order valence-electron chi connectivity index (χ4n) is 2.02. The lowest BCUT2D eigenvalue weighted by molar-refractivity contribution is 0.345. The van der Waals surface area contributed by atoms with Gasteiger partial charge in [0.15, 0.2) is 0 Å². The average molecular weight is 270 g/mol. The molecule has 1 fully saturated rings. The second-order valence-corrected chi connectivity index (χ2v) is 4.12. The van der Waals surface area contributed by atoms with E-state index in [-0.39, 0.29) is 24.3 Å². The van der Waals surface area contributed by atoms with Gasteiger partial charge in [0.2, 0.25) is 11.7 Å². The van der Waals surface area contributed by atoms with Crippen LogP contribution in [-0.2, 0) is 0 Å². The molecule has 2 heterocycles. The Balaban J connectivity index is 0.00000120. The van der Waals surface area contributed by atoms with Crippen LogP contribution in [0.5, 0.6) is 0 Å². The van der Waals surface area contributed by atoms with Crippen molar-refractivity contribution in [3.63, 3.8) is 0 Å². The predicted octanol–water partition coefficient (Wildman–Crippen LogP) is 2.72. The van der Waals surface area contributed by atoms with Crippen LogP contribution in [-0.4, -0.2) is 16.7 Å². The Labute approximate surface area is 110 Å². The van der Waals surface area contributed by atoms with E-state index in [1.165, 1.54) is 12.1 Å². The van der Waals surface area contributed by atoms with Crippen molar-refractivity contribution in [2.75, 3.05) is 6.54 Å². The third-order valence-electron chi connectivity index (χ3n) is 2.88. The zero-order valence-corrected chi connectivity index (χ0v) is 10.4. The lowest BCUT2D eigenvalue weighted by Gasteiger charge is -2.01. The molecule has 0 amide bonds. The first-order valence-corrected chi connectivity index (χ1v) is 5.66. The van der Waals surface area contributed by atoms with E-state index in [0.29, 0.717) is 17.3 Å². The lowest BCUT2D eigenvalue weighted by atomic mass is 10.2. The molecule has 1 N–H and O–H groups in total. The molecule has 0 radical (unpaired) electrons. The molecule has 1 unspecified atom stereocenters. The summed E-state index contributed by atoms with van der Waals surface area (Å²) in [4.78, 5) is 4.30. The summed E-state index contributed by atoms with van der Waals surface area (Å²) >= 11 is 0. The molecular formula is C12H13ClFN3O. The second-order valence-electron chi connectivity index (χ2n) is 4.12. The topological polar surface area (TPSA) is 51.0 Å². The molecule has 0 bridgehead atoms. The number of halogens is 2. The van der Waals surface area contributed by atoms with Gasteiger partial charge in [0.1, 0.15) is 5.82 Å². The Morgan fingerprint density at radius 3 is 3.00 bits per heavy atom. The minimum Gasteiger partial charge on any atom is -0.337 e. The number of rotatable bonds is 2. The SMILES string of the molecule is Cl.Fc1cccc(-c2noc(C3CCCN3)n2)c1. The van der Waals surface area contributed by atoms with Crippen LogP contribution in [0.3, 0.4) is 0 Å². The minimum absolute atomic E-state index is 0. The maximum Gasteiger partial charge on any atom is 0.244 e. The van der Waals surface area contributed by atoms with Gasteiger partial charge in [-0.1, -0.05) is 17.3 Å². The summed E-state index contributed by atoms with van der Waals surface area (Å²) in [5, 5.41) is 7.16. The van der Waals surface area contributed by atoms with Gasteiger partial charge in [-0.25, -0.2) is 4.39 Å². The standard InChI is InChI=1S/C12H12FN3O.ClH/c13-9-4-1-3-8(7-9)11-15-12(17-16-11)10-5-2-6-14-10;/h1,3-4,7,10,14H,2,5-6H2;1H. The molecule has 0 spiro atoms. The molecule has 1 aliphatic heterocycles. The molecule has 1 aliphatic rings. The van der Waals surface area contributed by atoms with E-state index in [1.54, 1.807) is 12.1 Å². The molecule has 1 aromatic heterocycles. The highest BCUT2D eigenvalue weighted by molar-refractivity contribution is 5.85. The summed E-state index contributed by atoms with van der Waals surface area (Å²) in [5.41, 5.74) is 0.637. The normalized spacial score (nSPS) is 18.6. The van der Waals surface area contributed by atoms with E-state index in [4.69, 9.17) is 4.52 Å². The van der Waals surface area contributed by atoms with Crippen molar-refractivity contribution in [1.29, 1.82) is 0 Å². The van der Waals surface area contributed by atoms with E-state index in [2.05, 4.69) is 15.5 Å². The van der Waals surface area contributed by atoms with E-state index in [1.807, 2.05) is 0 Å². The zero-order valence-electron chi connectivity index (χ0n) is 9.60. The Kier molecular flexibility index (Phi) is 3.93. The van der Waals surface area contributed by atoms with Crippen LogP contribution in [0.2, 0.25) is 0 Å². The highest BCUT2D eigenvalue weighted by Crippen LogP contribution is 2.24. The van der Waals surface area contributed by atoms with Crippen molar-refractivity contribution in [2.45, 2.75) is 18.9 Å². The Morgan fingerprint density at radius 1 is 1.39 bits per heavy atom. The summed E-state index contributed by atoms with van der Waals surface area (Å²) < 4.78 is 18.3. The van der Waals surface area contributed by atoms with Gasteiger partial charge in [0.25, 0.3) is 0 Å². The molecular weight excluding hydrogens is 257 g/mol. The monoisotopic (exact) mass is 269 g/mol. The third kappa shape index (κ3) is 2.52. The molecule has 96 valence electrons. The Hall–Kier alpha value is -1.46. The van der Waals surface area contributed by atoms with E-state index in [9.17, 15) is 4.39 Å². The third-order valence-corrected chi connectivity index (χ3v) is 2.88. The van der Waals surface area contributed by atoms with Gasteiger partial charge in [-0.05, 0) is 31.5 Å². The first-order chi connectivity index (χ1) is 8.33. The molecule has 4 nitrogen and oxygen atoms in total. The highest BCUT2D eigenvalue weighted by atomic mass is 35.5. The zero-order chi connectivity index (χ0) is 11.7. The quantitative estimate of drug-likeness (QED) is 0.911. The van der Waals surface area contributed by atoms with Crippen LogP contribution in [0.25, 0.3) is 11.4 Å². The largest absolute Gasteiger partial charge is 0.337 e. The predicted molar refractivity (Wildman–Crippen MR) is 66.9 cm³/mol. The van der Waals surface area contributed by atoms with Gasteiger partial charge < -0.3 is 9.84 Å². The molecule has 2 aromatic rings. The fourth-order valence-corrected chi connectivity index (χ4v) is 2.02. The van der Waals surface area contributed by atoms with Crippen molar-refractivity contribution in [3.8, 4) is 11.4 Å². The first kappa shape index (κ1) is 13.0. The van der Waals surface area contributed by atoms with Gasteiger partial charge in [-0.15, -0.1) is 12.4 Å². The fraction of sp³-hybridized carbons (Fsp3) is 0.333. The number of hydrogen-bond donors (Lipinski definition) is 1.